The highest BCUT2D eigenvalue weighted by atomic mass is 32.2. The lowest BCUT2D eigenvalue weighted by molar-refractivity contribution is -0.915. The SMILES string of the molecule is O=C([O-])[N+](CCSc1ccccc1)(CCc1cccc2ccccc12)[C@@H]1COc2ccccc2O1. The summed E-state index contributed by atoms with van der Waals surface area (Å²) in [7, 11) is 0. The second kappa shape index (κ2) is 10.4. The molecule has 0 spiro atoms. The third kappa shape index (κ3) is 4.99. The fourth-order valence-electron chi connectivity index (χ4n) is 4.63. The molecule has 6 heteroatoms. The van der Waals surface area contributed by atoms with Gasteiger partial charge in [-0.1, -0.05) is 72.8 Å². The zero-order chi connectivity index (χ0) is 24.1. The van der Waals surface area contributed by atoms with Crippen molar-refractivity contribution in [3.8, 4) is 11.5 Å². The van der Waals surface area contributed by atoms with E-state index in [0.717, 1.165) is 21.2 Å². The largest absolute Gasteiger partial charge is 0.498 e. The number of amides is 1. The van der Waals surface area contributed by atoms with Gasteiger partial charge in [-0.15, -0.1) is 11.8 Å². The maximum Gasteiger partial charge on any atom is 0.273 e. The number of benzene rings is 4. The molecule has 0 saturated carbocycles. The van der Waals surface area contributed by atoms with Crippen LogP contribution in [0.2, 0.25) is 0 Å². The molecule has 5 nitrogen and oxygen atoms in total. The number of thioether (sulfide) groups is 1. The Hall–Kier alpha value is -3.48. The standard InChI is InChI=1S/C29H27NO4S/c31-29(32)30(19-20-35-24-12-2-1-3-13-24,28-21-33-26-15-6-7-16-27(26)34-28)18-17-23-11-8-10-22-9-4-5-14-25(22)23/h1-16,28H,17-21H2/t28-,30?/m0/s1. The lowest BCUT2D eigenvalue weighted by Gasteiger charge is -2.44. The van der Waals surface area contributed by atoms with E-state index in [1.165, 1.54) is 0 Å². The number of fused-ring (bicyclic) bond motifs is 2. The third-order valence-corrected chi connectivity index (χ3v) is 7.56. The van der Waals surface area contributed by atoms with Gasteiger partial charge in [-0.05, 0) is 40.6 Å². The average molecular weight is 486 g/mol. The van der Waals surface area contributed by atoms with Gasteiger partial charge in [-0.2, -0.15) is 0 Å². The second-order valence-corrected chi connectivity index (χ2v) is 9.80. The fraction of sp³-hybridized carbons (Fsp3) is 0.207. The first-order chi connectivity index (χ1) is 17.2. The van der Waals surface area contributed by atoms with E-state index < -0.39 is 12.3 Å². The monoisotopic (exact) mass is 485 g/mol. The highest BCUT2D eigenvalue weighted by Crippen LogP contribution is 2.34. The summed E-state index contributed by atoms with van der Waals surface area (Å²) >= 11 is 1.64. The van der Waals surface area contributed by atoms with Crippen LogP contribution < -0.4 is 14.6 Å². The van der Waals surface area contributed by atoms with Crippen LogP contribution in [-0.2, 0) is 6.42 Å². The Kier molecular flexibility index (Phi) is 6.93. The minimum Gasteiger partial charge on any atom is -0.498 e. The molecule has 5 rings (SSSR count). The van der Waals surface area contributed by atoms with Crippen LogP contribution in [0.1, 0.15) is 5.56 Å². The number of hydrogen-bond acceptors (Lipinski definition) is 5. The van der Waals surface area contributed by atoms with E-state index in [0.29, 0.717) is 36.8 Å². The predicted molar refractivity (Wildman–Crippen MR) is 137 cm³/mol. The van der Waals surface area contributed by atoms with Gasteiger partial charge < -0.3 is 19.4 Å². The van der Waals surface area contributed by atoms with Gasteiger partial charge >= 0.3 is 0 Å². The molecule has 0 aliphatic carbocycles. The molecular formula is C29H27NO4S. The molecule has 4 aromatic carbocycles. The maximum absolute atomic E-state index is 12.9. The van der Waals surface area contributed by atoms with Crippen LogP contribution in [0.5, 0.6) is 11.5 Å². The van der Waals surface area contributed by atoms with Crippen molar-refractivity contribution < 1.29 is 23.9 Å². The average Bonchev–Trinajstić information content (AvgIpc) is 2.91. The number of para-hydroxylation sites is 2. The van der Waals surface area contributed by atoms with Crippen LogP contribution in [0.3, 0.4) is 0 Å². The van der Waals surface area contributed by atoms with Crippen molar-refractivity contribution in [2.24, 2.45) is 0 Å². The van der Waals surface area contributed by atoms with Crippen LogP contribution >= 0.6 is 11.8 Å². The van der Waals surface area contributed by atoms with E-state index in [9.17, 15) is 9.90 Å². The van der Waals surface area contributed by atoms with Crippen LogP contribution in [0, 0.1) is 0 Å². The van der Waals surface area contributed by atoms with Crippen molar-refractivity contribution in [3.63, 3.8) is 0 Å². The van der Waals surface area contributed by atoms with E-state index in [-0.39, 0.29) is 11.1 Å². The Morgan fingerprint density at radius 1 is 0.857 bits per heavy atom. The highest BCUT2D eigenvalue weighted by Gasteiger charge is 2.43. The summed E-state index contributed by atoms with van der Waals surface area (Å²) in [4.78, 5) is 14.0. The summed E-state index contributed by atoms with van der Waals surface area (Å²) in [5.74, 6) is 1.80. The molecule has 1 aliphatic heterocycles. The summed E-state index contributed by atoms with van der Waals surface area (Å²) in [5.41, 5.74) is 1.11. The number of quaternary nitrogens is 1. The van der Waals surface area contributed by atoms with Gasteiger partial charge in [0.1, 0.15) is 0 Å². The topological polar surface area (TPSA) is 58.6 Å². The van der Waals surface area contributed by atoms with Gasteiger partial charge in [-0.3, -0.25) is 0 Å². The minimum absolute atomic E-state index is 0.149. The summed E-state index contributed by atoms with van der Waals surface area (Å²) in [5, 5.41) is 15.2. The summed E-state index contributed by atoms with van der Waals surface area (Å²) < 4.78 is 11.9. The molecule has 0 bridgehead atoms. The second-order valence-electron chi connectivity index (χ2n) is 8.63. The first-order valence-corrected chi connectivity index (χ1v) is 12.8. The Morgan fingerprint density at radius 2 is 1.57 bits per heavy atom. The minimum atomic E-state index is -1.15. The van der Waals surface area contributed by atoms with Crippen molar-refractivity contribution >= 4 is 28.6 Å². The number of ether oxygens (including phenoxy) is 2. The van der Waals surface area contributed by atoms with Crippen LogP contribution in [-0.4, -0.2) is 42.3 Å². The third-order valence-electron chi connectivity index (χ3n) is 6.57. The van der Waals surface area contributed by atoms with Gasteiger partial charge in [0.25, 0.3) is 12.3 Å². The van der Waals surface area contributed by atoms with Crippen LogP contribution in [0.4, 0.5) is 4.79 Å². The summed E-state index contributed by atoms with van der Waals surface area (Å²) in [6.45, 7) is 0.835. The number of carboxylic acid groups (broad SMARTS) is 1. The molecule has 0 aromatic heterocycles. The van der Waals surface area contributed by atoms with Crippen LogP contribution in [0.15, 0.2) is 102 Å². The van der Waals surface area contributed by atoms with Gasteiger partial charge in [0.15, 0.2) is 18.1 Å². The predicted octanol–water partition coefficient (Wildman–Crippen LogP) is 5.13. The van der Waals surface area contributed by atoms with Crippen molar-refractivity contribution in [2.75, 3.05) is 25.4 Å². The molecule has 0 radical (unpaired) electrons. The Bertz CT molecular complexity index is 1310. The highest BCUT2D eigenvalue weighted by molar-refractivity contribution is 7.99. The van der Waals surface area contributed by atoms with Gasteiger partial charge in [0, 0.05) is 17.1 Å². The molecule has 1 aliphatic rings. The van der Waals surface area contributed by atoms with Crippen molar-refractivity contribution in [1.29, 1.82) is 0 Å². The van der Waals surface area contributed by atoms with Gasteiger partial charge in [0.2, 0.25) is 0 Å². The molecule has 1 heterocycles. The Balaban J connectivity index is 1.43. The van der Waals surface area contributed by atoms with Crippen molar-refractivity contribution in [2.45, 2.75) is 17.5 Å². The fourth-order valence-corrected chi connectivity index (χ4v) is 5.63. The first kappa shape index (κ1) is 23.3. The van der Waals surface area contributed by atoms with Crippen molar-refractivity contribution in [3.05, 3.63) is 103 Å². The van der Waals surface area contributed by atoms with Gasteiger partial charge in [-0.25, -0.2) is 4.48 Å². The number of carbonyl (C=O) groups excluding carboxylic acids is 1. The molecule has 2 atom stereocenters. The molecule has 1 unspecified atom stereocenters. The summed E-state index contributed by atoms with van der Waals surface area (Å²) in [6, 6.07) is 31.7. The van der Waals surface area contributed by atoms with Crippen LogP contribution in [0.25, 0.3) is 10.8 Å². The van der Waals surface area contributed by atoms with Gasteiger partial charge in [0.05, 0.1) is 13.1 Å². The van der Waals surface area contributed by atoms with E-state index in [1.807, 2.05) is 72.8 Å². The molecule has 178 valence electrons. The maximum atomic E-state index is 12.9. The lowest BCUT2D eigenvalue weighted by atomic mass is 10.0. The zero-order valence-corrected chi connectivity index (χ0v) is 20.2. The van der Waals surface area contributed by atoms with E-state index >= 15 is 0 Å². The van der Waals surface area contributed by atoms with E-state index in [1.54, 1.807) is 11.8 Å². The zero-order valence-electron chi connectivity index (χ0n) is 19.3. The Labute approximate surface area is 209 Å². The molecular weight excluding hydrogens is 458 g/mol. The molecule has 35 heavy (non-hydrogen) atoms. The Morgan fingerprint density at radius 3 is 2.40 bits per heavy atom. The molecule has 1 amide bonds. The molecule has 0 N–H and O–H groups in total. The van der Waals surface area contributed by atoms with Crippen molar-refractivity contribution in [1.82, 2.24) is 0 Å². The smallest absolute Gasteiger partial charge is 0.273 e. The molecule has 0 fully saturated rings. The summed E-state index contributed by atoms with van der Waals surface area (Å²) in [6.07, 6.45) is -1.28. The quantitative estimate of drug-likeness (QED) is 0.256. The van der Waals surface area contributed by atoms with E-state index in [2.05, 4.69) is 24.3 Å². The number of rotatable bonds is 8. The molecule has 4 aromatic rings. The molecule has 0 saturated heterocycles. The number of carbonyl (C=O) groups is 1. The normalized spacial score (nSPS) is 16.5. The number of hydrogen-bond donors (Lipinski definition) is 0. The number of nitrogens with zero attached hydrogens (tertiary/aromatic N) is 1. The first-order valence-electron chi connectivity index (χ1n) is 11.8. The lowest BCUT2D eigenvalue weighted by Crippen LogP contribution is -2.69. The van der Waals surface area contributed by atoms with E-state index in [4.69, 9.17) is 9.47 Å².